The maximum atomic E-state index is 5.96. The Hall–Kier alpha value is -1.61. The topological polar surface area (TPSA) is 35.0 Å². The summed E-state index contributed by atoms with van der Waals surface area (Å²) in [4.78, 5) is 8.14. The smallest absolute Gasteiger partial charge is 0.222 e. The SMILES string of the molecule is Cc1cc(-c2ccnc(Cl)n2)ccc1OC[C@H](C)CC(C)C. The van der Waals surface area contributed by atoms with Gasteiger partial charge in [-0.3, -0.25) is 0 Å². The molecule has 0 spiro atoms. The second-order valence-corrected chi connectivity index (χ2v) is 6.57. The van der Waals surface area contributed by atoms with Gasteiger partial charge in [0.15, 0.2) is 0 Å². The van der Waals surface area contributed by atoms with E-state index in [4.69, 9.17) is 16.3 Å². The fourth-order valence-corrected chi connectivity index (χ4v) is 2.72. The minimum Gasteiger partial charge on any atom is -0.493 e. The number of aromatic nitrogens is 2. The second kappa shape index (κ2) is 7.59. The van der Waals surface area contributed by atoms with Crippen LogP contribution >= 0.6 is 11.6 Å². The number of hydrogen-bond acceptors (Lipinski definition) is 3. The van der Waals surface area contributed by atoms with Gasteiger partial charge in [-0.25, -0.2) is 9.97 Å². The van der Waals surface area contributed by atoms with Crippen molar-refractivity contribution in [3.63, 3.8) is 0 Å². The molecule has 0 fully saturated rings. The first kappa shape index (κ1) is 16.8. The van der Waals surface area contributed by atoms with Crippen LogP contribution in [0.25, 0.3) is 11.3 Å². The average molecular weight is 319 g/mol. The lowest BCUT2D eigenvalue weighted by molar-refractivity contribution is 0.238. The van der Waals surface area contributed by atoms with Crippen molar-refractivity contribution in [3.05, 3.63) is 41.3 Å². The number of halogens is 1. The molecule has 118 valence electrons. The molecule has 1 aromatic carbocycles. The highest BCUT2D eigenvalue weighted by Crippen LogP contribution is 2.26. The van der Waals surface area contributed by atoms with Crippen molar-refractivity contribution in [2.75, 3.05) is 6.61 Å². The molecule has 1 atom stereocenters. The zero-order chi connectivity index (χ0) is 16.1. The monoisotopic (exact) mass is 318 g/mol. The Balaban J connectivity index is 2.07. The van der Waals surface area contributed by atoms with Crippen LogP contribution in [-0.2, 0) is 0 Å². The maximum Gasteiger partial charge on any atom is 0.222 e. The third-order valence-corrected chi connectivity index (χ3v) is 3.68. The van der Waals surface area contributed by atoms with Gasteiger partial charge in [0.05, 0.1) is 12.3 Å². The summed E-state index contributed by atoms with van der Waals surface area (Å²) in [6, 6.07) is 7.93. The predicted molar refractivity (Wildman–Crippen MR) is 91.3 cm³/mol. The lowest BCUT2D eigenvalue weighted by atomic mass is 10.00. The molecule has 0 saturated carbocycles. The van der Waals surface area contributed by atoms with Gasteiger partial charge in [-0.1, -0.05) is 20.8 Å². The van der Waals surface area contributed by atoms with E-state index >= 15 is 0 Å². The van der Waals surface area contributed by atoms with E-state index in [1.165, 1.54) is 6.42 Å². The summed E-state index contributed by atoms with van der Waals surface area (Å²) in [7, 11) is 0. The second-order valence-electron chi connectivity index (χ2n) is 6.24. The third-order valence-electron chi connectivity index (χ3n) is 3.49. The molecule has 1 heterocycles. The molecule has 0 bridgehead atoms. The van der Waals surface area contributed by atoms with Gasteiger partial charge < -0.3 is 4.74 Å². The number of ether oxygens (including phenoxy) is 1. The van der Waals surface area contributed by atoms with Crippen LogP contribution in [-0.4, -0.2) is 16.6 Å². The van der Waals surface area contributed by atoms with Crippen LogP contribution in [0.2, 0.25) is 5.28 Å². The summed E-state index contributed by atoms with van der Waals surface area (Å²) in [5, 5.41) is 0.262. The number of nitrogens with zero attached hydrogens (tertiary/aromatic N) is 2. The molecule has 0 aliphatic rings. The van der Waals surface area contributed by atoms with E-state index in [1.807, 2.05) is 18.2 Å². The Morgan fingerprint density at radius 3 is 2.59 bits per heavy atom. The van der Waals surface area contributed by atoms with Crippen molar-refractivity contribution in [1.29, 1.82) is 0 Å². The molecule has 2 rings (SSSR count). The molecule has 4 heteroatoms. The van der Waals surface area contributed by atoms with Gasteiger partial charge in [0.1, 0.15) is 5.75 Å². The van der Waals surface area contributed by atoms with Crippen LogP contribution in [0.3, 0.4) is 0 Å². The standard InChI is InChI=1S/C18H23ClN2O/c1-12(2)9-13(3)11-22-17-6-5-15(10-14(17)4)16-7-8-20-18(19)21-16/h5-8,10,12-13H,9,11H2,1-4H3/t13-/m1/s1. The molecule has 0 saturated heterocycles. The largest absolute Gasteiger partial charge is 0.493 e. The van der Waals surface area contributed by atoms with E-state index in [-0.39, 0.29) is 5.28 Å². The normalized spacial score (nSPS) is 12.5. The summed E-state index contributed by atoms with van der Waals surface area (Å²) in [5.74, 6) is 2.18. The van der Waals surface area contributed by atoms with Gasteiger partial charge in [-0.2, -0.15) is 0 Å². The molecule has 3 nitrogen and oxygen atoms in total. The quantitative estimate of drug-likeness (QED) is 0.689. The van der Waals surface area contributed by atoms with Gasteiger partial charge in [0.25, 0.3) is 0 Å². The van der Waals surface area contributed by atoms with Crippen LogP contribution < -0.4 is 4.74 Å². The van der Waals surface area contributed by atoms with Crippen molar-refractivity contribution in [1.82, 2.24) is 9.97 Å². The summed E-state index contributed by atoms with van der Waals surface area (Å²) in [6.45, 7) is 9.51. The predicted octanol–water partition coefficient (Wildman–Crippen LogP) is 5.17. The zero-order valence-electron chi connectivity index (χ0n) is 13.6. The Labute approximate surface area is 137 Å². The Morgan fingerprint density at radius 1 is 1.18 bits per heavy atom. The molecule has 0 radical (unpaired) electrons. The summed E-state index contributed by atoms with van der Waals surface area (Å²) in [6.07, 6.45) is 2.84. The molecule has 2 aromatic rings. The maximum absolute atomic E-state index is 5.96. The van der Waals surface area contributed by atoms with Crippen LogP contribution in [0.5, 0.6) is 5.75 Å². The molecule has 22 heavy (non-hydrogen) atoms. The van der Waals surface area contributed by atoms with E-state index in [2.05, 4.69) is 43.7 Å². The first-order valence-electron chi connectivity index (χ1n) is 7.68. The summed E-state index contributed by atoms with van der Waals surface area (Å²) >= 11 is 5.84. The molecular weight excluding hydrogens is 296 g/mol. The minimum atomic E-state index is 0.262. The van der Waals surface area contributed by atoms with Crippen LogP contribution in [0.4, 0.5) is 0 Å². The molecule has 0 aliphatic carbocycles. The first-order chi connectivity index (χ1) is 10.5. The van der Waals surface area contributed by atoms with Gasteiger partial charge in [0.2, 0.25) is 5.28 Å². The highest BCUT2D eigenvalue weighted by Gasteiger charge is 2.09. The van der Waals surface area contributed by atoms with Crippen molar-refractivity contribution in [2.45, 2.75) is 34.1 Å². The average Bonchev–Trinajstić information content (AvgIpc) is 2.45. The number of rotatable bonds is 6. The number of benzene rings is 1. The summed E-state index contributed by atoms with van der Waals surface area (Å²) < 4.78 is 5.96. The highest BCUT2D eigenvalue weighted by molar-refractivity contribution is 6.28. The molecule has 0 amide bonds. The first-order valence-corrected chi connectivity index (χ1v) is 8.06. The highest BCUT2D eigenvalue weighted by atomic mass is 35.5. The van der Waals surface area contributed by atoms with Crippen LogP contribution in [0.15, 0.2) is 30.5 Å². The van der Waals surface area contributed by atoms with Crippen molar-refractivity contribution in [3.8, 4) is 17.0 Å². The van der Waals surface area contributed by atoms with E-state index in [0.717, 1.165) is 29.2 Å². The van der Waals surface area contributed by atoms with Crippen molar-refractivity contribution < 1.29 is 4.74 Å². The molecule has 0 aliphatic heterocycles. The summed E-state index contributed by atoms with van der Waals surface area (Å²) in [5.41, 5.74) is 2.94. The van der Waals surface area contributed by atoms with E-state index < -0.39 is 0 Å². The molecule has 0 N–H and O–H groups in total. The number of aryl methyl sites for hydroxylation is 1. The van der Waals surface area contributed by atoms with Crippen molar-refractivity contribution in [2.24, 2.45) is 11.8 Å². The Bertz CT molecular complexity index is 628. The fourth-order valence-electron chi connectivity index (χ4n) is 2.57. The van der Waals surface area contributed by atoms with E-state index in [0.29, 0.717) is 11.8 Å². The number of hydrogen-bond donors (Lipinski definition) is 0. The minimum absolute atomic E-state index is 0.262. The van der Waals surface area contributed by atoms with E-state index in [1.54, 1.807) is 6.20 Å². The van der Waals surface area contributed by atoms with Crippen LogP contribution in [0.1, 0.15) is 32.8 Å². The lowest BCUT2D eigenvalue weighted by Crippen LogP contribution is -2.11. The lowest BCUT2D eigenvalue weighted by Gasteiger charge is -2.16. The van der Waals surface area contributed by atoms with Crippen LogP contribution in [0, 0.1) is 18.8 Å². The van der Waals surface area contributed by atoms with Gasteiger partial charge >= 0.3 is 0 Å². The Kier molecular flexibility index (Phi) is 5.78. The van der Waals surface area contributed by atoms with Gasteiger partial charge in [-0.05, 0) is 66.6 Å². The van der Waals surface area contributed by atoms with E-state index in [9.17, 15) is 0 Å². The third kappa shape index (κ3) is 4.70. The van der Waals surface area contributed by atoms with Gasteiger partial charge in [0, 0.05) is 11.8 Å². The molecule has 0 unspecified atom stereocenters. The Morgan fingerprint density at radius 2 is 1.95 bits per heavy atom. The fraction of sp³-hybridized carbons (Fsp3) is 0.444. The molecule has 1 aromatic heterocycles. The zero-order valence-corrected chi connectivity index (χ0v) is 14.4. The van der Waals surface area contributed by atoms with Gasteiger partial charge in [-0.15, -0.1) is 0 Å². The molecular formula is C18H23ClN2O. The van der Waals surface area contributed by atoms with Crippen molar-refractivity contribution >= 4 is 11.6 Å².